The van der Waals surface area contributed by atoms with E-state index in [1.54, 1.807) is 36.4 Å². The number of carbonyl (C=O) groups is 2. The van der Waals surface area contributed by atoms with Gasteiger partial charge in [0.2, 0.25) is 11.8 Å². The predicted octanol–water partition coefficient (Wildman–Crippen LogP) is 4.82. The van der Waals surface area contributed by atoms with Crippen molar-refractivity contribution in [1.82, 2.24) is 0 Å². The number of amides is 2. The molecule has 2 aliphatic heterocycles. The minimum Gasteiger partial charge on any atom is -0.391 e. The third kappa shape index (κ3) is 2.40. The van der Waals surface area contributed by atoms with Crippen molar-refractivity contribution in [3.8, 4) is 0 Å². The number of imide groups is 1. The highest BCUT2D eigenvalue weighted by atomic mass is 35.5. The summed E-state index contributed by atoms with van der Waals surface area (Å²) >= 11 is 18.4. The molecule has 6 atom stereocenters. The lowest BCUT2D eigenvalue weighted by atomic mass is 9.71. The number of carbonyl (C=O) groups excluding carboxylic acids is 2. The Labute approximate surface area is 187 Å². The van der Waals surface area contributed by atoms with E-state index in [0.29, 0.717) is 20.8 Å². The Hall–Kier alpha value is -2.08. The number of hydrogen-bond acceptors (Lipinski definition) is 4. The molecular formula is C22H15Cl3N2O3. The zero-order valence-corrected chi connectivity index (χ0v) is 17.7. The van der Waals surface area contributed by atoms with Crippen LogP contribution in [0.25, 0.3) is 0 Å². The smallest absolute Gasteiger partial charge is 0.238 e. The van der Waals surface area contributed by atoms with E-state index < -0.39 is 0 Å². The number of halogens is 3. The summed E-state index contributed by atoms with van der Waals surface area (Å²) < 4.78 is 0. The van der Waals surface area contributed by atoms with Gasteiger partial charge in [0.05, 0.1) is 28.3 Å². The van der Waals surface area contributed by atoms with E-state index in [-0.39, 0.29) is 47.5 Å². The van der Waals surface area contributed by atoms with Crippen molar-refractivity contribution in [2.24, 2.45) is 34.7 Å². The van der Waals surface area contributed by atoms with Crippen molar-refractivity contribution in [2.75, 3.05) is 4.90 Å². The van der Waals surface area contributed by atoms with Gasteiger partial charge in [-0.2, -0.15) is 0 Å². The normalized spacial score (nSPS) is 33.6. The molecule has 8 heteroatoms. The molecule has 2 saturated carbocycles. The highest BCUT2D eigenvalue weighted by Crippen LogP contribution is 2.62. The molecule has 2 aromatic rings. The van der Waals surface area contributed by atoms with Gasteiger partial charge in [-0.15, -0.1) is 0 Å². The zero-order valence-electron chi connectivity index (χ0n) is 15.5. The summed E-state index contributed by atoms with van der Waals surface area (Å²) in [7, 11) is 0. The fraction of sp³-hybridized carbons (Fsp3) is 0.318. The van der Waals surface area contributed by atoms with Crippen molar-refractivity contribution in [1.29, 1.82) is 0 Å². The maximum absolute atomic E-state index is 13.4. The van der Waals surface area contributed by atoms with Crippen LogP contribution in [0.4, 0.5) is 5.69 Å². The van der Waals surface area contributed by atoms with Gasteiger partial charge in [0.1, 0.15) is 6.10 Å². The maximum Gasteiger partial charge on any atom is 0.238 e. The number of rotatable bonds is 2. The molecular weight excluding hydrogens is 447 g/mol. The molecule has 0 aromatic heterocycles. The first-order chi connectivity index (χ1) is 14.5. The molecule has 152 valence electrons. The third-order valence-corrected chi connectivity index (χ3v) is 7.78. The quantitative estimate of drug-likeness (QED) is 0.602. The van der Waals surface area contributed by atoms with Crippen LogP contribution in [0.3, 0.4) is 0 Å². The van der Waals surface area contributed by atoms with Crippen molar-refractivity contribution >= 4 is 58.0 Å². The molecule has 0 radical (unpaired) electrons. The van der Waals surface area contributed by atoms with Crippen molar-refractivity contribution in [2.45, 2.75) is 12.5 Å². The van der Waals surface area contributed by atoms with E-state index in [4.69, 9.17) is 39.6 Å². The second-order valence-electron chi connectivity index (χ2n) is 8.30. The van der Waals surface area contributed by atoms with Crippen LogP contribution >= 0.6 is 34.8 Å². The van der Waals surface area contributed by atoms with Gasteiger partial charge in [0.25, 0.3) is 0 Å². The van der Waals surface area contributed by atoms with Crippen LogP contribution in [0.1, 0.15) is 12.0 Å². The Morgan fingerprint density at radius 3 is 2.23 bits per heavy atom. The fourth-order valence-corrected chi connectivity index (χ4v) is 6.52. The first-order valence-corrected chi connectivity index (χ1v) is 10.9. The number of anilines is 1. The molecule has 2 amide bonds. The van der Waals surface area contributed by atoms with Gasteiger partial charge >= 0.3 is 0 Å². The average Bonchev–Trinajstić information content (AvgIpc) is 3.44. The van der Waals surface area contributed by atoms with Crippen LogP contribution in [0.5, 0.6) is 0 Å². The van der Waals surface area contributed by atoms with Gasteiger partial charge < -0.3 is 4.84 Å². The fourth-order valence-electron chi connectivity index (χ4n) is 5.89. The minimum absolute atomic E-state index is 0.00764. The Bertz CT molecular complexity index is 1130. The van der Waals surface area contributed by atoms with E-state index in [1.807, 2.05) is 6.07 Å². The molecule has 4 aliphatic rings. The van der Waals surface area contributed by atoms with E-state index in [2.05, 4.69) is 5.16 Å². The first kappa shape index (κ1) is 18.7. The van der Waals surface area contributed by atoms with Gasteiger partial charge in [0.15, 0.2) is 0 Å². The van der Waals surface area contributed by atoms with Crippen molar-refractivity contribution in [3.63, 3.8) is 0 Å². The molecule has 30 heavy (non-hydrogen) atoms. The third-order valence-electron chi connectivity index (χ3n) is 6.98. The number of hydrogen-bond donors (Lipinski definition) is 0. The highest BCUT2D eigenvalue weighted by Gasteiger charge is 2.70. The standard InChI is InChI=1S/C22H15Cl3N2O3/c23-9-1-4-11(5-2-9)27-21(28)16-13-8-14(17(16)22(27)29)20-18(13)19(26-30-20)12-6-3-10(24)7-15(12)25/h1-7,13-14,16-18,20H,8H2/t13-,14-,16-,17-,18-,20+/m0/s1. The molecule has 2 aromatic carbocycles. The van der Waals surface area contributed by atoms with Gasteiger partial charge in [-0.25, -0.2) is 0 Å². The summed E-state index contributed by atoms with van der Waals surface area (Å²) in [5.74, 6) is -1.13. The van der Waals surface area contributed by atoms with Crippen LogP contribution in [0.2, 0.25) is 15.1 Å². The monoisotopic (exact) mass is 460 g/mol. The number of fused-ring (bicyclic) bond motifs is 8. The molecule has 5 nitrogen and oxygen atoms in total. The topological polar surface area (TPSA) is 59.0 Å². The Morgan fingerprint density at radius 2 is 1.53 bits per heavy atom. The van der Waals surface area contributed by atoms with Crippen LogP contribution in [0.15, 0.2) is 47.6 Å². The Kier molecular flexibility index (Phi) is 4.02. The molecule has 6 rings (SSSR count). The average molecular weight is 462 g/mol. The lowest BCUT2D eigenvalue weighted by Gasteiger charge is -2.30. The summed E-state index contributed by atoms with van der Waals surface area (Å²) in [6, 6.07) is 12.1. The Balaban J connectivity index is 1.36. The molecule has 2 aliphatic carbocycles. The van der Waals surface area contributed by atoms with Gasteiger partial charge in [0, 0.05) is 27.4 Å². The molecule has 0 N–H and O–H groups in total. The van der Waals surface area contributed by atoms with Crippen LogP contribution in [0, 0.1) is 29.6 Å². The van der Waals surface area contributed by atoms with Crippen molar-refractivity contribution in [3.05, 3.63) is 63.1 Å². The van der Waals surface area contributed by atoms with E-state index >= 15 is 0 Å². The van der Waals surface area contributed by atoms with Gasteiger partial charge in [-0.3, -0.25) is 14.5 Å². The molecule has 2 bridgehead atoms. The van der Waals surface area contributed by atoms with Gasteiger partial charge in [-0.1, -0.05) is 46.0 Å². The summed E-state index contributed by atoms with van der Waals surface area (Å²) in [4.78, 5) is 33.7. The van der Waals surface area contributed by atoms with Crippen LogP contribution in [-0.2, 0) is 14.4 Å². The summed E-state index contributed by atoms with van der Waals surface area (Å²) in [5.41, 5.74) is 2.07. The van der Waals surface area contributed by atoms with Gasteiger partial charge in [-0.05, 0) is 48.7 Å². The Morgan fingerprint density at radius 1 is 0.867 bits per heavy atom. The molecule has 2 heterocycles. The van der Waals surface area contributed by atoms with Crippen LogP contribution in [-0.4, -0.2) is 23.6 Å². The van der Waals surface area contributed by atoms with Crippen molar-refractivity contribution < 1.29 is 14.4 Å². The zero-order chi connectivity index (χ0) is 20.7. The lowest BCUT2D eigenvalue weighted by Crippen LogP contribution is -2.41. The number of benzene rings is 2. The summed E-state index contributed by atoms with van der Waals surface area (Å²) in [6.07, 6.45) is 0.570. The number of oxime groups is 1. The summed E-state index contributed by atoms with van der Waals surface area (Å²) in [5, 5.41) is 5.93. The lowest BCUT2D eigenvalue weighted by molar-refractivity contribution is -0.125. The van der Waals surface area contributed by atoms with E-state index in [1.165, 1.54) is 4.90 Å². The van der Waals surface area contributed by atoms with E-state index in [9.17, 15) is 9.59 Å². The molecule has 1 saturated heterocycles. The van der Waals surface area contributed by atoms with E-state index in [0.717, 1.165) is 17.7 Å². The number of nitrogens with zero attached hydrogens (tertiary/aromatic N) is 2. The van der Waals surface area contributed by atoms with Crippen LogP contribution < -0.4 is 4.90 Å². The molecule has 0 unspecified atom stereocenters. The second-order valence-corrected chi connectivity index (χ2v) is 9.58. The first-order valence-electron chi connectivity index (χ1n) is 9.78. The SMILES string of the molecule is O=C1[C@H]2[C@@H]3C[C@H]([C@H]4C(c5ccc(Cl)cc5Cl)=NO[C@H]34)[C@@H]2C(=O)N1c1ccc(Cl)cc1. The largest absolute Gasteiger partial charge is 0.391 e. The summed E-state index contributed by atoms with van der Waals surface area (Å²) in [6.45, 7) is 0. The predicted molar refractivity (Wildman–Crippen MR) is 114 cm³/mol. The minimum atomic E-state index is -0.366. The second kappa shape index (κ2) is 6.46. The molecule has 3 fully saturated rings. The molecule has 0 spiro atoms. The maximum atomic E-state index is 13.4. The highest BCUT2D eigenvalue weighted by molar-refractivity contribution is 6.37.